The van der Waals surface area contributed by atoms with Gasteiger partial charge in [-0.3, -0.25) is 9.69 Å². The lowest BCUT2D eigenvalue weighted by Gasteiger charge is -2.61. The summed E-state index contributed by atoms with van der Waals surface area (Å²) in [6.07, 6.45) is 9.66. The van der Waals surface area contributed by atoms with Gasteiger partial charge in [-0.25, -0.2) is 0 Å². The zero-order chi connectivity index (χ0) is 18.6. The first-order chi connectivity index (χ1) is 13.0. The molecule has 1 aromatic rings. The molecule has 0 N–H and O–H groups in total. The Morgan fingerprint density at radius 3 is 2.22 bits per heavy atom. The van der Waals surface area contributed by atoms with Crippen molar-refractivity contribution in [3.05, 3.63) is 16.4 Å². The minimum Gasteiger partial charge on any atom is -0.390 e. The van der Waals surface area contributed by atoms with Crippen LogP contribution in [0.2, 0.25) is 0 Å². The van der Waals surface area contributed by atoms with Gasteiger partial charge in [0.05, 0.1) is 0 Å². The van der Waals surface area contributed by atoms with Gasteiger partial charge < -0.3 is 15.0 Å². The van der Waals surface area contributed by atoms with E-state index in [9.17, 15) is 14.9 Å². The molecule has 5 aliphatic rings. The Morgan fingerprint density at radius 2 is 1.70 bits per heavy atom. The molecule has 27 heavy (non-hydrogen) atoms. The number of carbonyl (C=O) groups is 1. The average molecular weight is 374 g/mol. The van der Waals surface area contributed by atoms with Crippen molar-refractivity contribution in [1.29, 1.82) is 0 Å². The fraction of sp³-hybridized carbons (Fsp3) is 0.833. The zero-order valence-electron chi connectivity index (χ0n) is 15.5. The molecule has 2 heterocycles. The molecule has 1 saturated heterocycles. The first-order valence-corrected chi connectivity index (χ1v) is 10.1. The van der Waals surface area contributed by atoms with Crippen LogP contribution in [0.1, 0.15) is 38.5 Å². The Morgan fingerprint density at radius 1 is 1.11 bits per heavy atom. The number of hydrogen-bond donors (Lipinski definition) is 0. The van der Waals surface area contributed by atoms with Crippen LogP contribution >= 0.6 is 0 Å². The Hall–Kier alpha value is -2.03. The second-order valence-corrected chi connectivity index (χ2v) is 9.01. The summed E-state index contributed by atoms with van der Waals surface area (Å²) in [5.41, 5.74) is 0.399. The van der Waals surface area contributed by atoms with Crippen LogP contribution in [-0.2, 0) is 11.3 Å². The highest BCUT2D eigenvalue weighted by molar-refractivity contribution is 5.76. The zero-order valence-corrected chi connectivity index (χ0v) is 15.5. The SMILES string of the molecule is O=C(Cn1cnc([N+](=O)[O-])n1)N1CCN(C23CC4CC(CC(C4)C2)C3)CC1. The van der Waals surface area contributed by atoms with E-state index in [1.807, 2.05) is 4.90 Å². The van der Waals surface area contributed by atoms with E-state index in [4.69, 9.17) is 0 Å². The van der Waals surface area contributed by atoms with Gasteiger partial charge in [-0.05, 0) is 61.2 Å². The standard InChI is InChI=1S/C18H26N6O3/c25-16(11-23-12-19-17(20-23)24(26)27)21-1-3-22(4-2-21)18-8-13-5-14(9-18)7-15(6-13)10-18/h12-15H,1-11H2. The number of hydrogen-bond acceptors (Lipinski definition) is 6. The van der Waals surface area contributed by atoms with Crippen LogP contribution < -0.4 is 0 Å². The Bertz CT molecular complexity index is 719. The van der Waals surface area contributed by atoms with Crippen molar-refractivity contribution in [3.63, 3.8) is 0 Å². The predicted octanol–water partition coefficient (Wildman–Crippen LogP) is 1.30. The van der Waals surface area contributed by atoms with Gasteiger partial charge in [0.2, 0.25) is 12.2 Å². The van der Waals surface area contributed by atoms with Crippen LogP contribution in [0.3, 0.4) is 0 Å². The van der Waals surface area contributed by atoms with Crippen LogP contribution in [0.5, 0.6) is 0 Å². The summed E-state index contributed by atoms with van der Waals surface area (Å²) in [5.74, 6) is 2.28. The number of carbonyl (C=O) groups excluding carboxylic acids is 1. The van der Waals surface area contributed by atoms with E-state index < -0.39 is 10.9 Å². The molecule has 0 spiro atoms. The van der Waals surface area contributed by atoms with Gasteiger partial charge in [-0.15, -0.1) is 0 Å². The quantitative estimate of drug-likeness (QED) is 0.582. The molecule has 146 valence electrons. The maximum absolute atomic E-state index is 12.6. The highest BCUT2D eigenvalue weighted by Crippen LogP contribution is 2.57. The van der Waals surface area contributed by atoms with E-state index in [0.717, 1.165) is 43.9 Å². The van der Waals surface area contributed by atoms with Crippen molar-refractivity contribution in [2.75, 3.05) is 26.2 Å². The lowest BCUT2D eigenvalue weighted by Crippen LogP contribution is -2.64. The maximum Gasteiger partial charge on any atom is 0.490 e. The summed E-state index contributed by atoms with van der Waals surface area (Å²) in [4.78, 5) is 30.7. The molecule has 9 heteroatoms. The first kappa shape index (κ1) is 17.1. The molecule has 0 aromatic carbocycles. The van der Waals surface area contributed by atoms with Crippen molar-refractivity contribution >= 4 is 11.9 Å². The second kappa shape index (κ2) is 6.25. The molecule has 1 aromatic heterocycles. The molecule has 1 aliphatic heterocycles. The Kier molecular flexibility index (Phi) is 3.96. The van der Waals surface area contributed by atoms with E-state index in [-0.39, 0.29) is 12.5 Å². The molecule has 9 nitrogen and oxygen atoms in total. The normalized spacial score (nSPS) is 35.6. The minimum atomic E-state index is -0.648. The summed E-state index contributed by atoms with van der Waals surface area (Å²) in [7, 11) is 0. The van der Waals surface area contributed by atoms with Crippen LogP contribution in [0.4, 0.5) is 5.95 Å². The molecule has 4 saturated carbocycles. The average Bonchev–Trinajstić information content (AvgIpc) is 3.09. The van der Waals surface area contributed by atoms with E-state index >= 15 is 0 Å². The first-order valence-electron chi connectivity index (χ1n) is 10.1. The molecule has 5 fully saturated rings. The van der Waals surface area contributed by atoms with Crippen LogP contribution in [0.15, 0.2) is 6.33 Å². The van der Waals surface area contributed by atoms with Gasteiger partial charge >= 0.3 is 5.95 Å². The third-order valence-corrected chi connectivity index (χ3v) is 7.29. The molecule has 6 rings (SSSR count). The van der Waals surface area contributed by atoms with E-state index in [0.29, 0.717) is 5.54 Å². The molecular formula is C18H26N6O3. The van der Waals surface area contributed by atoms with Crippen LogP contribution in [-0.4, -0.2) is 67.1 Å². The van der Waals surface area contributed by atoms with Gasteiger partial charge in [0, 0.05) is 36.8 Å². The van der Waals surface area contributed by atoms with Crippen molar-refractivity contribution in [1.82, 2.24) is 24.6 Å². The molecule has 4 aliphatic carbocycles. The Labute approximate surface area is 157 Å². The molecular weight excluding hydrogens is 348 g/mol. The van der Waals surface area contributed by atoms with E-state index in [1.165, 1.54) is 49.5 Å². The third-order valence-electron chi connectivity index (χ3n) is 7.29. The van der Waals surface area contributed by atoms with Crippen molar-refractivity contribution < 1.29 is 9.72 Å². The lowest BCUT2D eigenvalue weighted by molar-refractivity contribution is -0.394. The van der Waals surface area contributed by atoms with Gasteiger partial charge in [0.15, 0.2) is 0 Å². The number of aromatic nitrogens is 3. The van der Waals surface area contributed by atoms with Crippen molar-refractivity contribution in [3.8, 4) is 0 Å². The van der Waals surface area contributed by atoms with Crippen molar-refractivity contribution in [2.24, 2.45) is 17.8 Å². The highest BCUT2D eigenvalue weighted by atomic mass is 16.6. The highest BCUT2D eigenvalue weighted by Gasteiger charge is 2.53. The van der Waals surface area contributed by atoms with Gasteiger partial charge in [0.1, 0.15) is 6.54 Å². The van der Waals surface area contributed by atoms with Gasteiger partial charge in [-0.1, -0.05) is 4.98 Å². The Balaban J connectivity index is 1.19. The summed E-state index contributed by atoms with van der Waals surface area (Å²) in [5, 5.41) is 14.4. The smallest absolute Gasteiger partial charge is 0.390 e. The van der Waals surface area contributed by atoms with Crippen LogP contribution in [0.25, 0.3) is 0 Å². The third kappa shape index (κ3) is 3.01. The predicted molar refractivity (Wildman–Crippen MR) is 95.7 cm³/mol. The molecule has 4 bridgehead atoms. The van der Waals surface area contributed by atoms with E-state index in [1.54, 1.807) is 0 Å². The lowest BCUT2D eigenvalue weighted by atomic mass is 9.52. The fourth-order valence-corrected chi connectivity index (χ4v) is 6.57. The topological polar surface area (TPSA) is 97.4 Å². The fourth-order valence-electron chi connectivity index (χ4n) is 6.57. The summed E-state index contributed by atoms with van der Waals surface area (Å²) >= 11 is 0. The maximum atomic E-state index is 12.6. The number of nitrogens with zero attached hydrogens (tertiary/aromatic N) is 6. The van der Waals surface area contributed by atoms with Crippen molar-refractivity contribution in [2.45, 2.75) is 50.6 Å². The largest absolute Gasteiger partial charge is 0.490 e. The number of nitro groups is 1. The second-order valence-electron chi connectivity index (χ2n) is 9.01. The number of piperazine rings is 1. The number of rotatable bonds is 4. The molecule has 0 radical (unpaired) electrons. The van der Waals surface area contributed by atoms with E-state index in [2.05, 4.69) is 15.0 Å². The summed E-state index contributed by atoms with van der Waals surface area (Å²) < 4.78 is 1.26. The summed E-state index contributed by atoms with van der Waals surface area (Å²) in [6, 6.07) is 0. The molecule has 0 atom stereocenters. The molecule has 0 unspecified atom stereocenters. The van der Waals surface area contributed by atoms with Crippen LogP contribution in [0, 0.1) is 27.9 Å². The molecule has 1 amide bonds. The summed E-state index contributed by atoms with van der Waals surface area (Å²) in [6.45, 7) is 3.36. The monoisotopic (exact) mass is 374 g/mol. The van der Waals surface area contributed by atoms with Gasteiger partial charge in [0.25, 0.3) is 0 Å². The van der Waals surface area contributed by atoms with Gasteiger partial charge in [-0.2, -0.15) is 4.68 Å². The number of amides is 1. The minimum absolute atomic E-state index is 0.0121.